The van der Waals surface area contributed by atoms with Gasteiger partial charge in [0.1, 0.15) is 0 Å². The summed E-state index contributed by atoms with van der Waals surface area (Å²) in [7, 11) is 0. The molecule has 0 fully saturated rings. The second-order valence-corrected chi connectivity index (χ2v) is 2.17. The van der Waals surface area contributed by atoms with Crippen molar-refractivity contribution < 1.29 is 19.1 Å². The van der Waals surface area contributed by atoms with Crippen LogP contribution in [0.15, 0.2) is 12.2 Å². The van der Waals surface area contributed by atoms with Crippen molar-refractivity contribution in [2.24, 2.45) is 0 Å². The minimum Gasteiger partial charge on any atom is -0.456 e. The van der Waals surface area contributed by atoms with Gasteiger partial charge in [-0.3, -0.25) is 4.79 Å². The molecule has 0 heterocycles. The second kappa shape index (κ2) is 7.87. The Morgan fingerprint density at radius 1 is 1.57 bits per heavy atom. The largest absolute Gasteiger partial charge is 0.456 e. The van der Waals surface area contributed by atoms with Crippen LogP contribution < -0.4 is 0 Å². The van der Waals surface area contributed by atoms with E-state index in [-0.39, 0.29) is 13.1 Å². The summed E-state index contributed by atoms with van der Waals surface area (Å²) in [5, 5.41) is 0. The van der Waals surface area contributed by atoms with Gasteiger partial charge < -0.3 is 9.47 Å². The Morgan fingerprint density at radius 3 is 2.79 bits per heavy atom. The van der Waals surface area contributed by atoms with E-state index in [4.69, 9.17) is 0 Å². The maximum atomic E-state index is 10.8. The number of carbonyl (C=O) groups is 2. The Bertz CT molecular complexity index is 270. The molecule has 0 radical (unpaired) electrons. The number of carbonyl (C=O) groups excluding carboxylic acids is 2. The van der Waals surface area contributed by atoms with E-state index in [2.05, 4.69) is 21.3 Å². The molecule has 1 atom stereocenters. The van der Waals surface area contributed by atoms with Gasteiger partial charge in [0.15, 0.2) is 6.10 Å². The molecular weight excluding hydrogens is 184 g/mol. The number of hydrogen-bond donors (Lipinski definition) is 0. The first-order chi connectivity index (χ1) is 6.74. The predicted molar refractivity (Wildman–Crippen MR) is 50.2 cm³/mol. The number of allylic oxidation sites excluding steroid dienone is 1. The summed E-state index contributed by atoms with van der Waals surface area (Å²) in [6.45, 7) is 4.00. The van der Waals surface area contributed by atoms with Crippen LogP contribution in [-0.4, -0.2) is 25.2 Å². The highest BCUT2D eigenvalue weighted by Crippen LogP contribution is 1.90. The molecule has 0 N–H and O–H groups in total. The third kappa shape index (κ3) is 5.84. The van der Waals surface area contributed by atoms with Crippen LogP contribution >= 0.6 is 0 Å². The van der Waals surface area contributed by atoms with Gasteiger partial charge in [0, 0.05) is 5.92 Å². The van der Waals surface area contributed by atoms with Gasteiger partial charge in [-0.1, -0.05) is 6.08 Å². The van der Waals surface area contributed by atoms with Crippen LogP contribution in [0.5, 0.6) is 0 Å². The summed E-state index contributed by atoms with van der Waals surface area (Å²) in [5.41, 5.74) is 0. The minimum absolute atomic E-state index is 0.274. The molecule has 14 heavy (non-hydrogen) atoms. The molecule has 0 aromatic heterocycles. The van der Waals surface area contributed by atoms with Crippen molar-refractivity contribution in [2.75, 3.05) is 6.61 Å². The van der Waals surface area contributed by atoms with E-state index in [9.17, 15) is 9.59 Å². The van der Waals surface area contributed by atoms with Crippen LogP contribution in [0.2, 0.25) is 0 Å². The smallest absolute Gasteiger partial charge is 0.384 e. The lowest BCUT2D eigenvalue weighted by atomic mass is 10.3. The molecule has 0 aliphatic carbocycles. The topological polar surface area (TPSA) is 52.6 Å². The van der Waals surface area contributed by atoms with Gasteiger partial charge in [-0.15, -0.1) is 0 Å². The number of rotatable bonds is 4. The van der Waals surface area contributed by atoms with Gasteiger partial charge in [-0.05, 0) is 25.8 Å². The lowest BCUT2D eigenvalue weighted by Gasteiger charge is -2.00. The molecule has 0 bridgehead atoms. The van der Waals surface area contributed by atoms with Crippen LogP contribution in [0.4, 0.5) is 0 Å². The van der Waals surface area contributed by atoms with Crippen molar-refractivity contribution in [3.8, 4) is 11.8 Å². The van der Waals surface area contributed by atoms with Crippen LogP contribution in [-0.2, 0) is 19.1 Å². The number of ether oxygens (including phenoxy) is 2. The summed E-state index contributed by atoms with van der Waals surface area (Å²) < 4.78 is 9.13. The molecule has 0 aromatic rings. The first-order valence-electron chi connectivity index (χ1n) is 4.14. The molecule has 0 aliphatic rings. The van der Waals surface area contributed by atoms with Crippen molar-refractivity contribution in [1.82, 2.24) is 0 Å². The zero-order valence-corrected chi connectivity index (χ0v) is 8.15. The highest BCUT2D eigenvalue weighted by Gasteiger charge is 1.99. The Hall–Kier alpha value is -1.76. The molecule has 0 aliphatic heterocycles. The van der Waals surface area contributed by atoms with E-state index in [0.717, 1.165) is 0 Å². The van der Waals surface area contributed by atoms with Crippen molar-refractivity contribution in [1.29, 1.82) is 0 Å². The highest BCUT2D eigenvalue weighted by atomic mass is 16.5. The fourth-order valence-electron chi connectivity index (χ4n) is 0.659. The Kier molecular flexibility index (Phi) is 6.88. The van der Waals surface area contributed by atoms with Crippen LogP contribution in [0.1, 0.15) is 13.8 Å². The van der Waals surface area contributed by atoms with Gasteiger partial charge >= 0.3 is 5.97 Å². The van der Waals surface area contributed by atoms with E-state index < -0.39 is 12.1 Å². The standard InChI is InChI=1S/C10H12O4/c1-3-5-9(14-8-11)6-7-10(12)13-4-2/h3,5,8-9H,4H2,1-2H3/b5-3+. The molecule has 0 spiro atoms. The molecule has 4 nitrogen and oxygen atoms in total. The molecule has 0 saturated heterocycles. The first-order valence-corrected chi connectivity index (χ1v) is 4.14. The van der Waals surface area contributed by atoms with Gasteiger partial charge in [0.05, 0.1) is 6.61 Å². The fraction of sp³-hybridized carbons (Fsp3) is 0.400. The predicted octanol–water partition coefficient (Wildman–Crippen LogP) is 0.671. The van der Waals surface area contributed by atoms with Gasteiger partial charge in [0.2, 0.25) is 0 Å². The quantitative estimate of drug-likeness (QED) is 0.218. The zero-order valence-electron chi connectivity index (χ0n) is 8.15. The van der Waals surface area contributed by atoms with E-state index >= 15 is 0 Å². The number of esters is 1. The maximum Gasteiger partial charge on any atom is 0.384 e. The molecular formula is C10H12O4. The summed E-state index contributed by atoms with van der Waals surface area (Å²) in [5.74, 6) is 4.02. The number of hydrogen-bond acceptors (Lipinski definition) is 4. The van der Waals surface area contributed by atoms with E-state index in [1.807, 2.05) is 0 Å². The maximum absolute atomic E-state index is 10.8. The van der Waals surface area contributed by atoms with Crippen molar-refractivity contribution in [3.63, 3.8) is 0 Å². The average molecular weight is 196 g/mol. The third-order valence-corrected chi connectivity index (χ3v) is 1.16. The third-order valence-electron chi connectivity index (χ3n) is 1.16. The van der Waals surface area contributed by atoms with Gasteiger partial charge in [-0.25, -0.2) is 4.79 Å². The molecule has 0 rings (SSSR count). The molecule has 1 unspecified atom stereocenters. The molecule has 0 amide bonds. The second-order valence-electron chi connectivity index (χ2n) is 2.17. The summed E-state index contributed by atoms with van der Waals surface area (Å²) in [4.78, 5) is 20.8. The monoisotopic (exact) mass is 196 g/mol. The lowest BCUT2D eigenvalue weighted by molar-refractivity contribution is -0.136. The normalized spacial score (nSPS) is 11.3. The lowest BCUT2D eigenvalue weighted by Crippen LogP contribution is -2.07. The molecule has 4 heteroatoms. The van der Waals surface area contributed by atoms with Crippen molar-refractivity contribution in [2.45, 2.75) is 20.0 Å². The Balaban J connectivity index is 4.25. The van der Waals surface area contributed by atoms with E-state index in [1.54, 1.807) is 26.0 Å². The fourth-order valence-corrected chi connectivity index (χ4v) is 0.659. The SMILES string of the molecule is C/C=C/C(C#CC(=O)OCC)OC=O. The van der Waals surface area contributed by atoms with Gasteiger partial charge in [0.25, 0.3) is 6.47 Å². The van der Waals surface area contributed by atoms with Crippen molar-refractivity contribution >= 4 is 12.4 Å². The molecule has 0 aromatic carbocycles. The van der Waals surface area contributed by atoms with E-state index in [1.165, 1.54) is 0 Å². The summed E-state index contributed by atoms with van der Waals surface area (Å²) in [6.07, 6.45) is 2.54. The van der Waals surface area contributed by atoms with Crippen LogP contribution in [0, 0.1) is 11.8 Å². The minimum atomic E-state index is -0.693. The van der Waals surface area contributed by atoms with Gasteiger partial charge in [-0.2, -0.15) is 0 Å². The van der Waals surface area contributed by atoms with Crippen LogP contribution in [0.3, 0.4) is 0 Å². The average Bonchev–Trinajstić information content (AvgIpc) is 2.15. The Labute approximate surface area is 82.9 Å². The molecule has 76 valence electrons. The molecule has 0 saturated carbocycles. The Morgan fingerprint density at radius 2 is 2.29 bits per heavy atom. The van der Waals surface area contributed by atoms with Crippen LogP contribution in [0.25, 0.3) is 0 Å². The zero-order chi connectivity index (χ0) is 10.8. The summed E-state index contributed by atoms with van der Waals surface area (Å²) in [6, 6.07) is 0. The van der Waals surface area contributed by atoms with E-state index in [0.29, 0.717) is 0 Å². The van der Waals surface area contributed by atoms with Crippen molar-refractivity contribution in [3.05, 3.63) is 12.2 Å². The highest BCUT2D eigenvalue weighted by molar-refractivity contribution is 5.88. The first kappa shape index (κ1) is 12.2. The summed E-state index contributed by atoms with van der Waals surface area (Å²) >= 11 is 0.